The number of aromatic carboxylic acids is 1. The molecule has 0 radical (unpaired) electrons. The van der Waals surface area contributed by atoms with Crippen molar-refractivity contribution in [3.8, 4) is 0 Å². The van der Waals surface area contributed by atoms with Crippen molar-refractivity contribution >= 4 is 28.2 Å². The van der Waals surface area contributed by atoms with Crippen LogP contribution in [0.25, 0.3) is 10.9 Å². The van der Waals surface area contributed by atoms with E-state index in [0.29, 0.717) is 12.1 Å². The summed E-state index contributed by atoms with van der Waals surface area (Å²) in [5.41, 5.74) is 2.28. The highest BCUT2D eigenvalue weighted by molar-refractivity contribution is 7.09. The highest BCUT2D eigenvalue weighted by Crippen LogP contribution is 2.22. The molecule has 0 saturated heterocycles. The Bertz CT molecular complexity index is 758. The van der Waals surface area contributed by atoms with E-state index in [1.54, 1.807) is 23.5 Å². The third-order valence-electron chi connectivity index (χ3n) is 3.02. The van der Waals surface area contributed by atoms with Crippen LogP contribution in [0, 0.1) is 6.92 Å². The molecule has 0 aliphatic carbocycles. The Kier molecular flexibility index (Phi) is 2.83. The fourth-order valence-electron chi connectivity index (χ4n) is 2.17. The van der Waals surface area contributed by atoms with Gasteiger partial charge in [-0.3, -0.25) is 0 Å². The largest absolute Gasteiger partial charge is 0.478 e. The van der Waals surface area contributed by atoms with Crippen molar-refractivity contribution in [2.45, 2.75) is 13.5 Å². The highest BCUT2D eigenvalue weighted by Gasteiger charge is 2.11. The van der Waals surface area contributed by atoms with Crippen molar-refractivity contribution in [2.75, 3.05) is 0 Å². The van der Waals surface area contributed by atoms with Crippen LogP contribution in [0.15, 0.2) is 35.8 Å². The summed E-state index contributed by atoms with van der Waals surface area (Å²) in [6, 6.07) is 7.18. The molecule has 0 atom stereocenters. The average molecular weight is 272 g/mol. The van der Waals surface area contributed by atoms with Gasteiger partial charge in [0.2, 0.25) is 0 Å². The van der Waals surface area contributed by atoms with E-state index in [1.165, 1.54) is 0 Å². The van der Waals surface area contributed by atoms with Crippen LogP contribution in [-0.4, -0.2) is 20.6 Å². The highest BCUT2D eigenvalue weighted by atomic mass is 32.1. The van der Waals surface area contributed by atoms with Gasteiger partial charge in [-0.05, 0) is 25.1 Å². The monoisotopic (exact) mass is 272 g/mol. The molecule has 1 aromatic carbocycles. The number of thiazole rings is 1. The lowest BCUT2D eigenvalue weighted by atomic mass is 10.1. The summed E-state index contributed by atoms with van der Waals surface area (Å²) >= 11 is 1.62. The third-order valence-corrected chi connectivity index (χ3v) is 3.97. The molecule has 0 fully saturated rings. The Hall–Kier alpha value is -2.14. The standard InChI is InChI=1S/C14H12N2O2S/c1-9-8-19-13(15-9)7-16-6-5-10-11(14(17)18)3-2-4-12(10)16/h2-6,8H,7H2,1H3,(H,17,18). The lowest BCUT2D eigenvalue weighted by Crippen LogP contribution is -1.99. The Morgan fingerprint density at radius 1 is 1.42 bits per heavy atom. The fourth-order valence-corrected chi connectivity index (χ4v) is 2.94. The maximum Gasteiger partial charge on any atom is 0.336 e. The van der Waals surface area contributed by atoms with E-state index < -0.39 is 5.97 Å². The second-order valence-corrected chi connectivity index (χ2v) is 5.31. The van der Waals surface area contributed by atoms with Gasteiger partial charge in [-0.2, -0.15) is 0 Å². The molecule has 3 rings (SSSR count). The zero-order valence-electron chi connectivity index (χ0n) is 10.3. The van der Waals surface area contributed by atoms with E-state index in [0.717, 1.165) is 21.6 Å². The molecule has 0 aliphatic heterocycles. The zero-order valence-corrected chi connectivity index (χ0v) is 11.1. The van der Waals surface area contributed by atoms with Gasteiger partial charge in [0.15, 0.2) is 0 Å². The zero-order chi connectivity index (χ0) is 13.4. The van der Waals surface area contributed by atoms with Gasteiger partial charge in [-0.1, -0.05) is 6.07 Å². The summed E-state index contributed by atoms with van der Waals surface area (Å²) in [5, 5.41) is 13.0. The molecule has 0 amide bonds. The first kappa shape index (κ1) is 11.9. The predicted molar refractivity (Wildman–Crippen MR) is 74.9 cm³/mol. The smallest absolute Gasteiger partial charge is 0.336 e. The normalized spacial score (nSPS) is 11.0. The minimum Gasteiger partial charge on any atom is -0.478 e. The van der Waals surface area contributed by atoms with E-state index in [9.17, 15) is 4.79 Å². The second-order valence-electron chi connectivity index (χ2n) is 4.37. The first-order valence-electron chi connectivity index (χ1n) is 5.87. The van der Waals surface area contributed by atoms with Gasteiger partial charge in [0.25, 0.3) is 0 Å². The molecule has 0 unspecified atom stereocenters. The molecule has 4 nitrogen and oxygen atoms in total. The number of benzene rings is 1. The molecule has 2 heterocycles. The maximum absolute atomic E-state index is 11.2. The number of hydrogen-bond acceptors (Lipinski definition) is 3. The van der Waals surface area contributed by atoms with E-state index in [2.05, 4.69) is 4.98 Å². The number of fused-ring (bicyclic) bond motifs is 1. The lowest BCUT2D eigenvalue weighted by molar-refractivity contribution is 0.0699. The third kappa shape index (κ3) is 2.13. The van der Waals surface area contributed by atoms with Gasteiger partial charge in [-0.25, -0.2) is 9.78 Å². The van der Waals surface area contributed by atoms with Gasteiger partial charge in [0.05, 0.1) is 12.1 Å². The van der Waals surface area contributed by atoms with Crippen LogP contribution in [0.5, 0.6) is 0 Å². The van der Waals surface area contributed by atoms with Gasteiger partial charge in [0, 0.05) is 28.2 Å². The Balaban J connectivity index is 2.06. The molecular formula is C14H12N2O2S. The molecule has 5 heteroatoms. The van der Waals surface area contributed by atoms with Crippen molar-refractivity contribution in [3.05, 3.63) is 52.1 Å². The van der Waals surface area contributed by atoms with Crippen LogP contribution in [0.1, 0.15) is 21.1 Å². The summed E-state index contributed by atoms with van der Waals surface area (Å²) in [6.07, 6.45) is 1.91. The van der Waals surface area contributed by atoms with Gasteiger partial charge >= 0.3 is 5.97 Å². The molecule has 0 spiro atoms. The van der Waals surface area contributed by atoms with E-state index in [1.807, 2.05) is 35.2 Å². The minimum absolute atomic E-state index is 0.339. The van der Waals surface area contributed by atoms with Gasteiger partial charge in [-0.15, -0.1) is 11.3 Å². The van der Waals surface area contributed by atoms with Crippen molar-refractivity contribution in [2.24, 2.45) is 0 Å². The topological polar surface area (TPSA) is 55.1 Å². The minimum atomic E-state index is -0.895. The van der Waals surface area contributed by atoms with E-state index in [-0.39, 0.29) is 0 Å². The number of aromatic nitrogens is 2. The van der Waals surface area contributed by atoms with Crippen molar-refractivity contribution in [1.29, 1.82) is 0 Å². The molecular weight excluding hydrogens is 260 g/mol. The molecule has 3 aromatic rings. The molecule has 0 aliphatic rings. The molecule has 19 heavy (non-hydrogen) atoms. The first-order chi connectivity index (χ1) is 9.15. The number of hydrogen-bond donors (Lipinski definition) is 1. The number of nitrogens with zero attached hydrogens (tertiary/aromatic N) is 2. The molecule has 1 N–H and O–H groups in total. The number of carboxylic acid groups (broad SMARTS) is 1. The summed E-state index contributed by atoms with van der Waals surface area (Å²) < 4.78 is 2.03. The second kappa shape index (κ2) is 4.51. The fraction of sp³-hybridized carbons (Fsp3) is 0.143. The van der Waals surface area contributed by atoms with Crippen molar-refractivity contribution < 1.29 is 9.90 Å². The summed E-state index contributed by atoms with van der Waals surface area (Å²) in [7, 11) is 0. The predicted octanol–water partition coefficient (Wildman–Crippen LogP) is 3.15. The maximum atomic E-state index is 11.2. The van der Waals surface area contributed by atoms with E-state index >= 15 is 0 Å². The molecule has 0 saturated carbocycles. The molecule has 96 valence electrons. The number of rotatable bonds is 3. The van der Waals surface area contributed by atoms with Crippen LogP contribution >= 0.6 is 11.3 Å². The number of aryl methyl sites for hydroxylation is 1. The Labute approximate surface area is 113 Å². The Morgan fingerprint density at radius 2 is 2.26 bits per heavy atom. The van der Waals surface area contributed by atoms with Crippen LogP contribution in [-0.2, 0) is 6.54 Å². The lowest BCUT2D eigenvalue weighted by Gasteiger charge is -2.03. The van der Waals surface area contributed by atoms with Gasteiger partial charge < -0.3 is 9.67 Å². The number of carbonyl (C=O) groups is 1. The molecule has 0 bridgehead atoms. The summed E-state index contributed by atoms with van der Waals surface area (Å²) in [6.45, 7) is 2.64. The van der Waals surface area contributed by atoms with Crippen molar-refractivity contribution in [1.82, 2.24) is 9.55 Å². The summed E-state index contributed by atoms with van der Waals surface area (Å²) in [5.74, 6) is -0.895. The van der Waals surface area contributed by atoms with Crippen molar-refractivity contribution in [3.63, 3.8) is 0 Å². The number of carboxylic acids is 1. The Morgan fingerprint density at radius 3 is 2.95 bits per heavy atom. The average Bonchev–Trinajstić information content (AvgIpc) is 2.97. The summed E-state index contributed by atoms with van der Waals surface area (Å²) in [4.78, 5) is 15.6. The SMILES string of the molecule is Cc1csc(Cn2ccc3c(C(=O)O)cccc32)n1. The van der Waals surface area contributed by atoms with Crippen LogP contribution < -0.4 is 0 Å². The van der Waals surface area contributed by atoms with Crippen LogP contribution in [0.4, 0.5) is 0 Å². The first-order valence-corrected chi connectivity index (χ1v) is 6.75. The van der Waals surface area contributed by atoms with Crippen LogP contribution in [0.3, 0.4) is 0 Å². The van der Waals surface area contributed by atoms with Gasteiger partial charge in [0.1, 0.15) is 5.01 Å². The van der Waals surface area contributed by atoms with E-state index in [4.69, 9.17) is 5.11 Å². The molecule has 2 aromatic heterocycles. The quantitative estimate of drug-likeness (QED) is 0.796. The van der Waals surface area contributed by atoms with Crippen LogP contribution in [0.2, 0.25) is 0 Å².